The minimum atomic E-state index is -0.777. The first-order valence-electron chi connectivity index (χ1n) is 13.1. The Bertz CT molecular complexity index is 1170. The molecule has 0 amide bonds. The topological polar surface area (TPSA) is 9.23 Å². The SMILES string of the molecule is CCCCCC1CCC(c2ccc(-c3ccc(/C=C/c4ccc(OC)cc4F)cc3)c(F)c2F)CC1. The standard InChI is InChI=1S/C32H35F3O/c1-3-4-5-6-22-7-12-24(13-8-22)28-19-20-29(32(35)31(28)34)25-14-9-23(10-15-25)11-16-26-17-18-27(36-2)21-30(26)33/h9-11,14-22,24H,3-8,12-13H2,1-2H3/b16-11+. The second-order valence-electron chi connectivity index (χ2n) is 9.89. The molecule has 0 bridgehead atoms. The first-order valence-corrected chi connectivity index (χ1v) is 13.1. The van der Waals surface area contributed by atoms with Crippen LogP contribution in [0.15, 0.2) is 54.6 Å². The van der Waals surface area contributed by atoms with Gasteiger partial charge in [0.25, 0.3) is 0 Å². The third-order valence-electron chi connectivity index (χ3n) is 7.50. The zero-order valence-corrected chi connectivity index (χ0v) is 21.2. The van der Waals surface area contributed by atoms with Gasteiger partial charge < -0.3 is 4.74 Å². The highest BCUT2D eigenvalue weighted by molar-refractivity contribution is 5.73. The molecule has 1 aliphatic carbocycles. The van der Waals surface area contributed by atoms with Crippen molar-refractivity contribution in [2.45, 2.75) is 64.2 Å². The monoisotopic (exact) mass is 492 g/mol. The maximum atomic E-state index is 15.1. The fraction of sp³-hybridized carbons (Fsp3) is 0.375. The van der Waals surface area contributed by atoms with Crippen LogP contribution in [0, 0.1) is 23.4 Å². The third-order valence-corrected chi connectivity index (χ3v) is 7.50. The molecular weight excluding hydrogens is 457 g/mol. The molecule has 1 fully saturated rings. The van der Waals surface area contributed by atoms with Crippen molar-refractivity contribution in [3.05, 3.63) is 88.7 Å². The first-order chi connectivity index (χ1) is 17.5. The number of halogens is 3. The highest BCUT2D eigenvalue weighted by atomic mass is 19.2. The molecule has 0 unspecified atom stereocenters. The smallest absolute Gasteiger partial charge is 0.166 e. The highest BCUT2D eigenvalue weighted by Crippen LogP contribution is 2.40. The van der Waals surface area contributed by atoms with Crippen LogP contribution in [0.25, 0.3) is 23.3 Å². The molecule has 0 radical (unpaired) electrons. The quantitative estimate of drug-likeness (QED) is 0.213. The van der Waals surface area contributed by atoms with Gasteiger partial charge in [0, 0.05) is 17.2 Å². The zero-order valence-electron chi connectivity index (χ0n) is 21.2. The number of unbranched alkanes of at least 4 members (excludes halogenated alkanes) is 2. The molecule has 36 heavy (non-hydrogen) atoms. The van der Waals surface area contributed by atoms with E-state index in [2.05, 4.69) is 6.92 Å². The summed E-state index contributed by atoms with van der Waals surface area (Å²) in [6, 6.07) is 15.3. The second-order valence-corrected chi connectivity index (χ2v) is 9.89. The van der Waals surface area contributed by atoms with Gasteiger partial charge in [-0.25, -0.2) is 13.2 Å². The highest BCUT2D eigenvalue weighted by Gasteiger charge is 2.26. The van der Waals surface area contributed by atoms with Crippen molar-refractivity contribution in [2.24, 2.45) is 5.92 Å². The predicted octanol–water partition coefficient (Wildman–Crippen LogP) is 9.80. The lowest BCUT2D eigenvalue weighted by Crippen LogP contribution is -2.15. The lowest BCUT2D eigenvalue weighted by atomic mass is 9.76. The Balaban J connectivity index is 1.43. The van der Waals surface area contributed by atoms with Crippen molar-refractivity contribution in [3.63, 3.8) is 0 Å². The van der Waals surface area contributed by atoms with Gasteiger partial charge in [0.15, 0.2) is 11.6 Å². The van der Waals surface area contributed by atoms with Crippen molar-refractivity contribution in [1.82, 2.24) is 0 Å². The Hall–Kier alpha value is -3.01. The Morgan fingerprint density at radius 2 is 1.58 bits per heavy atom. The fourth-order valence-corrected chi connectivity index (χ4v) is 5.28. The van der Waals surface area contributed by atoms with E-state index in [-0.39, 0.29) is 17.3 Å². The zero-order chi connectivity index (χ0) is 25.5. The van der Waals surface area contributed by atoms with Crippen LogP contribution in [0.1, 0.15) is 80.9 Å². The lowest BCUT2D eigenvalue weighted by Gasteiger charge is -2.29. The van der Waals surface area contributed by atoms with Crippen LogP contribution in [-0.2, 0) is 0 Å². The van der Waals surface area contributed by atoms with Crippen molar-refractivity contribution < 1.29 is 17.9 Å². The Morgan fingerprint density at radius 1 is 0.833 bits per heavy atom. The molecule has 1 nitrogen and oxygen atoms in total. The average molecular weight is 493 g/mol. The molecule has 4 heteroatoms. The van der Waals surface area contributed by atoms with E-state index < -0.39 is 11.6 Å². The number of benzene rings is 3. The molecular formula is C32H35F3O. The van der Waals surface area contributed by atoms with Crippen molar-refractivity contribution in [1.29, 1.82) is 0 Å². The summed E-state index contributed by atoms with van der Waals surface area (Å²) in [4.78, 5) is 0. The van der Waals surface area contributed by atoms with Gasteiger partial charge in [0.2, 0.25) is 0 Å². The minimum Gasteiger partial charge on any atom is -0.497 e. The summed E-state index contributed by atoms with van der Waals surface area (Å²) in [6.45, 7) is 2.22. The van der Waals surface area contributed by atoms with Crippen molar-refractivity contribution in [2.75, 3.05) is 7.11 Å². The summed E-state index contributed by atoms with van der Waals surface area (Å²) in [5.74, 6) is -0.563. The van der Waals surface area contributed by atoms with Crippen LogP contribution in [0.4, 0.5) is 13.2 Å². The molecule has 1 saturated carbocycles. The summed E-state index contributed by atoms with van der Waals surface area (Å²) in [5.41, 5.74) is 2.68. The van der Waals surface area contributed by atoms with E-state index in [0.29, 0.717) is 22.4 Å². The van der Waals surface area contributed by atoms with E-state index in [1.807, 2.05) is 12.1 Å². The molecule has 0 saturated heterocycles. The lowest BCUT2D eigenvalue weighted by molar-refractivity contribution is 0.298. The van der Waals surface area contributed by atoms with E-state index in [4.69, 9.17) is 4.74 Å². The van der Waals surface area contributed by atoms with Gasteiger partial charge in [-0.3, -0.25) is 0 Å². The van der Waals surface area contributed by atoms with Gasteiger partial charge >= 0.3 is 0 Å². The Morgan fingerprint density at radius 3 is 2.25 bits per heavy atom. The number of hydrogen-bond donors (Lipinski definition) is 0. The van der Waals surface area contributed by atoms with Crippen molar-refractivity contribution >= 4 is 12.2 Å². The molecule has 0 heterocycles. The van der Waals surface area contributed by atoms with Gasteiger partial charge in [-0.1, -0.05) is 81.2 Å². The maximum Gasteiger partial charge on any atom is 0.166 e. The Kier molecular flexibility index (Phi) is 8.90. The summed E-state index contributed by atoms with van der Waals surface area (Å²) in [7, 11) is 1.49. The van der Waals surface area contributed by atoms with Crippen LogP contribution in [0.5, 0.6) is 5.75 Å². The molecule has 0 atom stereocenters. The molecule has 0 aromatic heterocycles. The largest absolute Gasteiger partial charge is 0.497 e. The van der Waals surface area contributed by atoms with Gasteiger partial charge in [-0.05, 0) is 66.3 Å². The number of rotatable bonds is 9. The summed E-state index contributed by atoms with van der Waals surface area (Å²) in [5, 5.41) is 0. The van der Waals surface area contributed by atoms with Crippen LogP contribution in [0.3, 0.4) is 0 Å². The summed E-state index contributed by atoms with van der Waals surface area (Å²) in [6.07, 6.45) is 12.6. The maximum absolute atomic E-state index is 15.1. The number of ether oxygens (including phenoxy) is 1. The van der Waals surface area contributed by atoms with Crippen molar-refractivity contribution in [3.8, 4) is 16.9 Å². The van der Waals surface area contributed by atoms with E-state index >= 15 is 8.78 Å². The van der Waals surface area contributed by atoms with E-state index in [0.717, 1.165) is 37.2 Å². The van der Waals surface area contributed by atoms with Crippen LogP contribution < -0.4 is 4.74 Å². The van der Waals surface area contributed by atoms with E-state index in [1.54, 1.807) is 48.6 Å². The molecule has 0 spiro atoms. The average Bonchev–Trinajstić information content (AvgIpc) is 2.90. The molecule has 190 valence electrons. The van der Waals surface area contributed by atoms with Gasteiger partial charge in [-0.15, -0.1) is 0 Å². The molecule has 1 aliphatic rings. The van der Waals surface area contributed by atoms with Gasteiger partial charge in [0.05, 0.1) is 7.11 Å². The molecule has 3 aromatic rings. The van der Waals surface area contributed by atoms with Crippen LogP contribution >= 0.6 is 0 Å². The van der Waals surface area contributed by atoms with Gasteiger partial charge in [-0.2, -0.15) is 0 Å². The third kappa shape index (κ3) is 6.21. The predicted molar refractivity (Wildman–Crippen MR) is 143 cm³/mol. The minimum absolute atomic E-state index is 0.0989. The summed E-state index contributed by atoms with van der Waals surface area (Å²) < 4.78 is 49.4. The molecule has 3 aromatic carbocycles. The fourth-order valence-electron chi connectivity index (χ4n) is 5.28. The Labute approximate surface area is 213 Å². The molecule has 0 aliphatic heterocycles. The van der Waals surface area contributed by atoms with Crippen LogP contribution in [0.2, 0.25) is 0 Å². The first kappa shape index (κ1) is 26.1. The normalized spacial score (nSPS) is 18.0. The molecule has 0 N–H and O–H groups in total. The van der Waals surface area contributed by atoms with Crippen LogP contribution in [-0.4, -0.2) is 7.11 Å². The second kappa shape index (κ2) is 12.3. The number of methoxy groups -OCH3 is 1. The summed E-state index contributed by atoms with van der Waals surface area (Å²) >= 11 is 0. The molecule has 4 rings (SSSR count). The van der Waals surface area contributed by atoms with Gasteiger partial charge in [0.1, 0.15) is 11.6 Å². The van der Waals surface area contributed by atoms with E-state index in [9.17, 15) is 4.39 Å². The number of hydrogen-bond acceptors (Lipinski definition) is 1. The van der Waals surface area contributed by atoms with E-state index in [1.165, 1.54) is 38.9 Å².